The summed E-state index contributed by atoms with van der Waals surface area (Å²) in [5.41, 5.74) is 3.90. The molecule has 228 valence electrons. The van der Waals surface area contributed by atoms with Gasteiger partial charge in [-0.05, 0) is 61.1 Å². The Bertz CT molecular complexity index is 1860. The quantitative estimate of drug-likeness (QED) is 0.0921. The average Bonchev–Trinajstić information content (AvgIpc) is 3.68. The molecule has 3 fully saturated rings. The molecule has 6 atom stereocenters. The molecular weight excluding hydrogens is 704 g/mol. The van der Waals surface area contributed by atoms with Crippen molar-refractivity contribution in [2.45, 2.75) is 23.0 Å². The Morgan fingerprint density at radius 2 is 1.58 bits per heavy atom. The third-order valence-corrected chi connectivity index (χ3v) is 12.6. The van der Waals surface area contributed by atoms with E-state index in [0.717, 1.165) is 12.0 Å². The first-order valence-electron chi connectivity index (χ1n) is 14.7. The normalized spacial score (nSPS) is 25.1. The van der Waals surface area contributed by atoms with E-state index in [1.165, 1.54) is 12.0 Å². The number of methoxy groups -OCH3 is 1. The smallest absolute Gasteiger partial charge is 0.339 e. The van der Waals surface area contributed by atoms with Crippen molar-refractivity contribution in [3.63, 3.8) is 0 Å². The van der Waals surface area contributed by atoms with Gasteiger partial charge in [-0.2, -0.15) is 0 Å². The Labute approximate surface area is 276 Å². The second-order valence-corrected chi connectivity index (χ2v) is 13.9. The highest BCUT2D eigenvalue weighted by molar-refractivity contribution is 9.12. The molecule has 6 unspecified atom stereocenters. The monoisotopic (exact) mass is 730 g/mol. The molecule has 1 saturated heterocycles. The van der Waals surface area contributed by atoms with Gasteiger partial charge in [-0.25, -0.2) is 9.78 Å². The number of halogens is 2. The zero-order chi connectivity index (χ0) is 31.6. The predicted molar refractivity (Wildman–Crippen MR) is 176 cm³/mol. The number of hydrogen-bond donors (Lipinski definition) is 0. The second-order valence-electron chi connectivity index (χ2n) is 11.8. The maximum atomic E-state index is 13.5. The summed E-state index contributed by atoms with van der Waals surface area (Å²) in [4.78, 5) is 59.7. The van der Waals surface area contributed by atoms with Crippen molar-refractivity contribution in [3.05, 3.63) is 89.5 Å². The van der Waals surface area contributed by atoms with E-state index in [2.05, 4.69) is 31.9 Å². The molecule has 1 aliphatic heterocycles. The number of rotatable bonds is 7. The van der Waals surface area contributed by atoms with Crippen molar-refractivity contribution < 1.29 is 28.7 Å². The fourth-order valence-corrected chi connectivity index (χ4v) is 9.06. The molecule has 45 heavy (non-hydrogen) atoms. The van der Waals surface area contributed by atoms with Crippen molar-refractivity contribution in [2.75, 3.05) is 18.6 Å². The number of carbonyl (C=O) groups excluding carboxylic acids is 4. The van der Waals surface area contributed by atoms with Crippen LogP contribution in [0.4, 0.5) is 5.69 Å². The third-order valence-electron chi connectivity index (χ3n) is 9.40. The van der Waals surface area contributed by atoms with Gasteiger partial charge in [-0.1, -0.05) is 74.3 Å². The van der Waals surface area contributed by atoms with Gasteiger partial charge in [0.05, 0.1) is 41.4 Å². The van der Waals surface area contributed by atoms with Gasteiger partial charge in [-0.3, -0.25) is 19.3 Å². The summed E-state index contributed by atoms with van der Waals surface area (Å²) >= 11 is 7.47. The number of amides is 2. The number of para-hydroxylation sites is 1. The molecule has 3 aliphatic rings. The Morgan fingerprint density at radius 3 is 2.24 bits per heavy atom. The fraction of sp³-hybridized carbons (Fsp3) is 0.286. The zero-order valence-corrected chi connectivity index (χ0v) is 27.6. The van der Waals surface area contributed by atoms with Crippen molar-refractivity contribution in [1.82, 2.24) is 4.98 Å². The molecule has 7 rings (SSSR count). The van der Waals surface area contributed by atoms with Crippen LogP contribution in [0.15, 0.2) is 72.8 Å². The van der Waals surface area contributed by atoms with E-state index in [1.54, 1.807) is 60.7 Å². The topological polar surface area (TPSA) is 103 Å². The first-order chi connectivity index (χ1) is 21.7. The van der Waals surface area contributed by atoms with Gasteiger partial charge in [-0.15, -0.1) is 0 Å². The standard InChI is InChI=1S/C35H28Br2N2O6/c1-17-5-3-8-22-23(35(43)45-16-27(40)19-6-4-7-21(13-19)44-2)15-26(38-32(17)22)18-9-11-20(12-10-18)39-33(41)28-24-14-25(29(28)34(39)42)31(37)30(24)36/h3-13,15,24-25,28-31H,14,16H2,1-2H3. The highest BCUT2D eigenvalue weighted by Gasteiger charge is 2.66. The number of carbonyl (C=O) groups is 4. The second kappa shape index (κ2) is 11.5. The van der Waals surface area contributed by atoms with Crippen molar-refractivity contribution in [3.8, 4) is 17.0 Å². The summed E-state index contributed by atoms with van der Waals surface area (Å²) < 4.78 is 10.7. The number of aryl methyl sites for hydroxylation is 1. The zero-order valence-electron chi connectivity index (χ0n) is 24.4. The Balaban J connectivity index is 1.16. The summed E-state index contributed by atoms with van der Waals surface area (Å²) in [6, 6.07) is 21.0. The summed E-state index contributed by atoms with van der Waals surface area (Å²) in [5.74, 6) is -1.06. The third kappa shape index (κ3) is 4.89. The van der Waals surface area contributed by atoms with Crippen molar-refractivity contribution in [1.29, 1.82) is 0 Å². The van der Waals surface area contributed by atoms with Crippen LogP contribution in [0.5, 0.6) is 5.75 Å². The SMILES string of the molecule is COc1cccc(C(=O)COC(=O)c2cc(-c3ccc(N4C(=O)C5C6CC(C(Br)C6Br)C5C4=O)cc3)nc3c(C)cccc23)c1. The lowest BCUT2D eigenvalue weighted by molar-refractivity contribution is -0.123. The fourth-order valence-electron chi connectivity index (χ4n) is 7.18. The van der Waals surface area contributed by atoms with Gasteiger partial charge in [0.15, 0.2) is 12.4 Å². The van der Waals surface area contributed by atoms with E-state index >= 15 is 0 Å². The molecule has 3 aromatic carbocycles. The number of nitrogens with zero attached hydrogens (tertiary/aromatic N) is 2. The minimum atomic E-state index is -0.647. The molecule has 10 heteroatoms. The van der Waals surface area contributed by atoms with Gasteiger partial charge in [0, 0.05) is 26.2 Å². The van der Waals surface area contributed by atoms with E-state index in [-0.39, 0.29) is 56.5 Å². The number of imide groups is 1. The van der Waals surface area contributed by atoms with Gasteiger partial charge in [0.2, 0.25) is 11.8 Å². The Hall–Kier alpha value is -3.89. The molecule has 0 N–H and O–H groups in total. The number of fused-ring (bicyclic) bond motifs is 6. The molecule has 8 nitrogen and oxygen atoms in total. The van der Waals surface area contributed by atoms with Crippen molar-refractivity contribution in [2.24, 2.45) is 23.7 Å². The molecule has 2 amide bonds. The number of pyridine rings is 1. The summed E-state index contributed by atoms with van der Waals surface area (Å²) in [5, 5.41) is 0.610. The first kappa shape index (κ1) is 29.8. The van der Waals surface area contributed by atoms with Gasteiger partial charge in [0.25, 0.3) is 0 Å². The maximum Gasteiger partial charge on any atom is 0.339 e. The van der Waals surface area contributed by atoms with E-state index in [9.17, 15) is 19.2 Å². The summed E-state index contributed by atoms with van der Waals surface area (Å²) in [6.45, 7) is 1.48. The molecule has 2 aliphatic carbocycles. The predicted octanol–water partition coefficient (Wildman–Crippen LogP) is 6.54. The Kier molecular flexibility index (Phi) is 7.60. The lowest BCUT2D eigenvalue weighted by Gasteiger charge is -2.28. The molecule has 2 saturated carbocycles. The van der Waals surface area contributed by atoms with Crippen LogP contribution >= 0.6 is 31.9 Å². The van der Waals surface area contributed by atoms with E-state index in [1.807, 2.05) is 19.1 Å². The van der Waals surface area contributed by atoms with E-state index < -0.39 is 12.6 Å². The molecule has 0 spiro atoms. The molecule has 2 heterocycles. The number of hydrogen-bond acceptors (Lipinski definition) is 7. The van der Waals surface area contributed by atoms with Crippen LogP contribution in [0.2, 0.25) is 0 Å². The number of ether oxygens (including phenoxy) is 2. The van der Waals surface area contributed by atoms with Gasteiger partial charge < -0.3 is 9.47 Å². The maximum absolute atomic E-state index is 13.5. The van der Waals surface area contributed by atoms with Crippen LogP contribution in [0.3, 0.4) is 0 Å². The molecular formula is C35H28Br2N2O6. The van der Waals surface area contributed by atoms with Crippen LogP contribution < -0.4 is 9.64 Å². The van der Waals surface area contributed by atoms with Gasteiger partial charge >= 0.3 is 5.97 Å². The molecule has 1 aromatic heterocycles. The number of esters is 1. The summed E-state index contributed by atoms with van der Waals surface area (Å²) in [7, 11) is 1.52. The van der Waals surface area contributed by atoms with Crippen LogP contribution in [-0.2, 0) is 14.3 Å². The highest BCUT2D eigenvalue weighted by Crippen LogP contribution is 2.60. The van der Waals surface area contributed by atoms with Crippen molar-refractivity contribution >= 4 is 72.0 Å². The average molecular weight is 732 g/mol. The molecule has 4 aromatic rings. The minimum absolute atomic E-state index is 0.137. The molecule has 0 radical (unpaired) electrons. The first-order valence-corrected chi connectivity index (χ1v) is 16.5. The van der Waals surface area contributed by atoms with Gasteiger partial charge in [0.1, 0.15) is 5.75 Å². The Morgan fingerprint density at radius 1 is 0.911 bits per heavy atom. The van der Waals surface area contributed by atoms with Crippen LogP contribution in [0, 0.1) is 30.6 Å². The molecule has 2 bridgehead atoms. The van der Waals surface area contributed by atoms with E-state index in [0.29, 0.717) is 39.2 Å². The van der Waals surface area contributed by atoms with Crippen LogP contribution in [-0.4, -0.2) is 51.9 Å². The number of ketones is 1. The minimum Gasteiger partial charge on any atom is -0.497 e. The number of benzene rings is 3. The lowest BCUT2D eigenvalue weighted by Crippen LogP contribution is -2.37. The number of alkyl halides is 2. The van der Waals surface area contributed by atoms with E-state index in [4.69, 9.17) is 14.5 Å². The summed E-state index contributed by atoms with van der Waals surface area (Å²) in [6.07, 6.45) is 0.873. The number of aromatic nitrogens is 1. The largest absolute Gasteiger partial charge is 0.497 e. The lowest BCUT2D eigenvalue weighted by atomic mass is 9.81. The van der Waals surface area contributed by atoms with Crippen LogP contribution in [0.25, 0.3) is 22.2 Å². The number of Topliss-reactive ketones (excluding diaryl/α,β-unsaturated/α-hetero) is 1. The van der Waals surface area contributed by atoms with Crippen LogP contribution in [0.1, 0.15) is 32.7 Å². The highest BCUT2D eigenvalue weighted by atomic mass is 79.9. The number of anilines is 1.